The van der Waals surface area contributed by atoms with E-state index in [0.29, 0.717) is 19.6 Å². The van der Waals surface area contributed by atoms with Gasteiger partial charge >= 0.3 is 0 Å². The maximum absolute atomic E-state index is 13.3. The minimum atomic E-state index is -2.57. The Balaban J connectivity index is 1.87. The van der Waals surface area contributed by atoms with Crippen molar-refractivity contribution >= 4 is 5.78 Å². The van der Waals surface area contributed by atoms with Gasteiger partial charge in [0.05, 0.1) is 19.1 Å². The van der Waals surface area contributed by atoms with Crippen LogP contribution in [0.5, 0.6) is 0 Å². The van der Waals surface area contributed by atoms with Crippen LogP contribution >= 0.6 is 0 Å². The van der Waals surface area contributed by atoms with Crippen LogP contribution in [-0.4, -0.2) is 38.0 Å². The fourth-order valence-corrected chi connectivity index (χ4v) is 3.04. The van der Waals surface area contributed by atoms with E-state index >= 15 is 0 Å². The number of nitrogens with one attached hydrogen (secondary N) is 1. The fourth-order valence-electron chi connectivity index (χ4n) is 3.04. The average molecular weight is 261 g/mol. The molecule has 0 bridgehead atoms. The Labute approximate surface area is 106 Å². The highest BCUT2D eigenvalue weighted by atomic mass is 19.3. The van der Waals surface area contributed by atoms with Gasteiger partial charge in [0.25, 0.3) is 0 Å². The zero-order valence-corrected chi connectivity index (χ0v) is 10.8. The molecule has 0 aromatic rings. The molecule has 1 aliphatic carbocycles. The molecule has 3 unspecified atom stereocenters. The van der Waals surface area contributed by atoms with Crippen LogP contribution in [0, 0.1) is 11.8 Å². The van der Waals surface area contributed by atoms with E-state index in [2.05, 4.69) is 5.32 Å². The molecule has 1 N–H and O–H groups in total. The number of carbonyl (C=O) groups excluding carboxylic acids is 1. The summed E-state index contributed by atoms with van der Waals surface area (Å²) in [4.78, 5) is 12.1. The lowest BCUT2D eigenvalue weighted by molar-refractivity contribution is -0.125. The van der Waals surface area contributed by atoms with Gasteiger partial charge in [-0.2, -0.15) is 0 Å². The van der Waals surface area contributed by atoms with Gasteiger partial charge in [-0.15, -0.1) is 0 Å². The third-order valence-electron chi connectivity index (χ3n) is 4.10. The van der Waals surface area contributed by atoms with E-state index in [1.807, 2.05) is 0 Å². The van der Waals surface area contributed by atoms with Crippen molar-refractivity contribution in [1.82, 2.24) is 5.32 Å². The van der Waals surface area contributed by atoms with Gasteiger partial charge in [0.2, 0.25) is 5.92 Å². The number of ketones is 1. The van der Waals surface area contributed by atoms with E-state index in [1.54, 1.807) is 7.05 Å². The van der Waals surface area contributed by atoms with Crippen molar-refractivity contribution in [3.8, 4) is 0 Å². The molecular weight excluding hydrogens is 240 g/mol. The number of likely N-dealkylation sites (N-methyl/N-ethyl adjacent to an activating group) is 1. The molecule has 1 saturated heterocycles. The van der Waals surface area contributed by atoms with Crippen LogP contribution in [0.1, 0.15) is 32.1 Å². The van der Waals surface area contributed by atoms with Crippen molar-refractivity contribution in [2.75, 3.05) is 20.3 Å². The van der Waals surface area contributed by atoms with Gasteiger partial charge in [-0.25, -0.2) is 8.78 Å². The molecule has 2 fully saturated rings. The van der Waals surface area contributed by atoms with Crippen molar-refractivity contribution in [2.24, 2.45) is 11.8 Å². The Hall–Kier alpha value is -0.550. The minimum Gasteiger partial charge on any atom is -0.379 e. The number of carbonyl (C=O) groups is 1. The summed E-state index contributed by atoms with van der Waals surface area (Å²) in [5.74, 6) is -2.81. The zero-order chi connectivity index (χ0) is 13.2. The second-order valence-electron chi connectivity index (χ2n) is 5.53. The summed E-state index contributed by atoms with van der Waals surface area (Å²) in [5, 5.41) is 3.05. The number of alkyl halides is 2. The van der Waals surface area contributed by atoms with Crippen LogP contribution in [0.2, 0.25) is 0 Å². The molecule has 0 amide bonds. The number of hydrogen-bond acceptors (Lipinski definition) is 3. The quantitative estimate of drug-likeness (QED) is 0.841. The van der Waals surface area contributed by atoms with Crippen molar-refractivity contribution in [2.45, 2.75) is 44.1 Å². The van der Waals surface area contributed by atoms with Crippen molar-refractivity contribution in [1.29, 1.82) is 0 Å². The van der Waals surface area contributed by atoms with E-state index in [9.17, 15) is 13.6 Å². The largest absolute Gasteiger partial charge is 0.379 e. The van der Waals surface area contributed by atoms with E-state index in [4.69, 9.17) is 4.74 Å². The molecule has 2 rings (SSSR count). The van der Waals surface area contributed by atoms with Gasteiger partial charge < -0.3 is 10.1 Å². The SMILES string of the molecule is CNC1COCC1C(=O)CC1CCCC(F)(F)C1. The summed E-state index contributed by atoms with van der Waals surface area (Å²) in [6.07, 6.45) is 1.41. The monoisotopic (exact) mass is 261 g/mol. The second kappa shape index (κ2) is 5.61. The highest BCUT2D eigenvalue weighted by Crippen LogP contribution is 2.38. The summed E-state index contributed by atoms with van der Waals surface area (Å²) >= 11 is 0. The Morgan fingerprint density at radius 2 is 2.22 bits per heavy atom. The average Bonchev–Trinajstić information content (AvgIpc) is 2.75. The maximum Gasteiger partial charge on any atom is 0.248 e. The first-order valence-corrected chi connectivity index (χ1v) is 6.67. The lowest BCUT2D eigenvalue weighted by atomic mass is 9.81. The smallest absolute Gasteiger partial charge is 0.248 e. The number of rotatable bonds is 4. The molecule has 0 radical (unpaired) electrons. The summed E-state index contributed by atoms with van der Waals surface area (Å²) in [7, 11) is 1.80. The van der Waals surface area contributed by atoms with Crippen molar-refractivity contribution < 1.29 is 18.3 Å². The van der Waals surface area contributed by atoms with E-state index in [0.717, 1.165) is 6.42 Å². The molecule has 5 heteroatoms. The Morgan fingerprint density at radius 1 is 1.44 bits per heavy atom. The van der Waals surface area contributed by atoms with Crippen LogP contribution < -0.4 is 5.32 Å². The van der Waals surface area contributed by atoms with Crippen LogP contribution in [0.25, 0.3) is 0 Å². The third kappa shape index (κ3) is 3.26. The Morgan fingerprint density at radius 3 is 2.89 bits per heavy atom. The van der Waals surface area contributed by atoms with Gasteiger partial charge in [-0.1, -0.05) is 0 Å². The molecule has 1 aliphatic heterocycles. The van der Waals surface area contributed by atoms with E-state index < -0.39 is 5.92 Å². The molecule has 0 aromatic carbocycles. The molecule has 0 spiro atoms. The second-order valence-corrected chi connectivity index (χ2v) is 5.53. The number of hydrogen-bond donors (Lipinski definition) is 1. The van der Waals surface area contributed by atoms with Gasteiger partial charge in [0, 0.05) is 25.3 Å². The van der Waals surface area contributed by atoms with Crippen molar-refractivity contribution in [3.05, 3.63) is 0 Å². The highest BCUT2D eigenvalue weighted by molar-refractivity contribution is 5.82. The van der Waals surface area contributed by atoms with Crippen molar-refractivity contribution in [3.63, 3.8) is 0 Å². The lowest BCUT2D eigenvalue weighted by Crippen LogP contribution is -2.38. The number of Topliss-reactive ketones (excluding diaryl/α,β-unsaturated/α-hetero) is 1. The van der Waals surface area contributed by atoms with E-state index in [-0.39, 0.29) is 42.9 Å². The first-order valence-electron chi connectivity index (χ1n) is 6.67. The Bertz CT molecular complexity index is 309. The van der Waals surface area contributed by atoms with Crippen LogP contribution in [-0.2, 0) is 9.53 Å². The highest BCUT2D eigenvalue weighted by Gasteiger charge is 2.39. The summed E-state index contributed by atoms with van der Waals surface area (Å²) in [5.41, 5.74) is 0. The molecule has 3 nitrogen and oxygen atoms in total. The fraction of sp³-hybridized carbons (Fsp3) is 0.923. The first-order chi connectivity index (χ1) is 8.52. The van der Waals surface area contributed by atoms with Gasteiger partial charge in [-0.3, -0.25) is 4.79 Å². The molecule has 104 valence electrons. The molecule has 3 atom stereocenters. The third-order valence-corrected chi connectivity index (χ3v) is 4.10. The standard InChI is InChI=1S/C13H21F2NO2/c1-16-11-8-18-7-10(11)12(17)5-9-3-2-4-13(14,15)6-9/h9-11,16H,2-8H2,1H3. The van der Waals surface area contributed by atoms with Crippen LogP contribution in [0.15, 0.2) is 0 Å². The normalized spacial score (nSPS) is 35.6. The van der Waals surface area contributed by atoms with Crippen LogP contribution in [0.4, 0.5) is 8.78 Å². The molecule has 0 aromatic heterocycles. The minimum absolute atomic E-state index is 0.0244. The molecule has 2 aliphatic rings. The number of ether oxygens (including phenoxy) is 1. The summed E-state index contributed by atoms with van der Waals surface area (Å²) in [6, 6.07) is 0.0431. The first kappa shape index (κ1) is 13.9. The predicted molar refractivity (Wildman–Crippen MR) is 63.7 cm³/mol. The zero-order valence-electron chi connectivity index (χ0n) is 10.8. The van der Waals surface area contributed by atoms with Gasteiger partial charge in [-0.05, 0) is 25.8 Å². The topological polar surface area (TPSA) is 38.3 Å². The van der Waals surface area contributed by atoms with E-state index in [1.165, 1.54) is 0 Å². The maximum atomic E-state index is 13.3. The summed E-state index contributed by atoms with van der Waals surface area (Å²) < 4.78 is 31.8. The molecule has 18 heavy (non-hydrogen) atoms. The van der Waals surface area contributed by atoms with Crippen LogP contribution in [0.3, 0.4) is 0 Å². The molecule has 1 saturated carbocycles. The lowest BCUT2D eigenvalue weighted by Gasteiger charge is -2.29. The Kier molecular flexibility index (Phi) is 4.33. The predicted octanol–water partition coefficient (Wildman–Crippen LogP) is 2.01. The molecule has 1 heterocycles. The summed E-state index contributed by atoms with van der Waals surface area (Å²) in [6.45, 7) is 0.960. The van der Waals surface area contributed by atoms with Gasteiger partial charge in [0.1, 0.15) is 5.78 Å². The van der Waals surface area contributed by atoms with Gasteiger partial charge in [0.15, 0.2) is 0 Å². The number of halogens is 2. The molecular formula is C13H21F2NO2.